The number of carbonyl (C=O) groups is 2. The van der Waals surface area contributed by atoms with E-state index in [4.69, 9.17) is 10.2 Å². The lowest BCUT2D eigenvalue weighted by Gasteiger charge is -2.10. The first-order valence-corrected chi connectivity index (χ1v) is 11.1. The van der Waals surface area contributed by atoms with Crippen molar-refractivity contribution in [3.8, 4) is 0 Å². The smallest absolute Gasteiger partial charge is 0.306 e. The molecule has 0 aliphatic carbocycles. The molecule has 0 aliphatic heterocycles. The molecule has 0 saturated carbocycles. The number of rotatable bonds is 11. The third-order valence-electron chi connectivity index (χ3n) is 4.61. The number of hydrogen-bond acceptors (Lipinski definition) is 3. The molecule has 0 aliphatic rings. The monoisotopic (exact) mass is 404 g/mol. The van der Waals surface area contributed by atoms with Gasteiger partial charge in [0.25, 0.3) is 0 Å². The largest absolute Gasteiger partial charge is 0.481 e. The fourth-order valence-corrected chi connectivity index (χ4v) is 4.19. The predicted molar refractivity (Wildman–Crippen MR) is 109 cm³/mol. The Bertz CT molecular complexity index is 905. The van der Waals surface area contributed by atoms with E-state index < -0.39 is 25.2 Å². The Morgan fingerprint density at radius 1 is 1.04 bits per heavy atom. The van der Waals surface area contributed by atoms with Gasteiger partial charge in [0.15, 0.2) is 0 Å². The molecule has 0 heterocycles. The fraction of sp³-hybridized carbons (Fsp3) is 0.333. The van der Waals surface area contributed by atoms with Gasteiger partial charge in [-0.05, 0) is 47.8 Å². The van der Waals surface area contributed by atoms with E-state index in [1.165, 1.54) is 11.9 Å². The van der Waals surface area contributed by atoms with E-state index >= 15 is 0 Å². The second-order valence-corrected chi connectivity index (χ2v) is 9.10. The van der Waals surface area contributed by atoms with Gasteiger partial charge < -0.3 is 15.1 Å². The van der Waals surface area contributed by atoms with Crippen molar-refractivity contribution < 1.29 is 29.3 Å². The maximum atomic E-state index is 12.3. The quantitative estimate of drug-likeness (QED) is 0.475. The zero-order valence-electron chi connectivity index (χ0n) is 15.5. The van der Waals surface area contributed by atoms with Gasteiger partial charge in [0.1, 0.15) is 0 Å². The van der Waals surface area contributed by atoms with Gasteiger partial charge in [-0.25, -0.2) is 0 Å². The molecular weight excluding hydrogens is 379 g/mol. The molecule has 28 heavy (non-hydrogen) atoms. The average molecular weight is 404 g/mol. The van der Waals surface area contributed by atoms with Crippen molar-refractivity contribution in [3.05, 3.63) is 59.9 Å². The van der Waals surface area contributed by atoms with Gasteiger partial charge in [-0.3, -0.25) is 14.2 Å². The molecule has 0 bridgehead atoms. The summed E-state index contributed by atoms with van der Waals surface area (Å²) in [6, 6.07) is 13.9. The van der Waals surface area contributed by atoms with Gasteiger partial charge in [-0.1, -0.05) is 48.5 Å². The molecule has 2 atom stereocenters. The lowest BCUT2D eigenvalue weighted by atomic mass is 9.98. The molecule has 7 heteroatoms. The van der Waals surface area contributed by atoms with Crippen LogP contribution in [0, 0.1) is 5.92 Å². The maximum Gasteiger partial charge on any atom is 0.306 e. The van der Waals surface area contributed by atoms with Crippen LogP contribution in [0.3, 0.4) is 0 Å². The molecule has 0 aromatic heterocycles. The van der Waals surface area contributed by atoms with E-state index in [-0.39, 0.29) is 25.4 Å². The van der Waals surface area contributed by atoms with Crippen molar-refractivity contribution in [3.63, 3.8) is 0 Å². The van der Waals surface area contributed by atoms with Crippen LogP contribution in [0.15, 0.2) is 54.4 Å². The number of aryl methyl sites for hydroxylation is 1. The number of fused-ring (bicyclic) bond motifs is 1. The number of aliphatic carboxylic acids is 2. The third kappa shape index (κ3) is 7.29. The number of benzene rings is 2. The number of carboxylic acid groups (broad SMARTS) is 2. The summed E-state index contributed by atoms with van der Waals surface area (Å²) in [6.07, 6.45) is 2.52. The standard InChI is InChI=1S/C21H25O6P/c22-20(23)11-10-18(21(24)25)6-3-4-13-28(26,27)14-12-16-8-9-17-5-1-2-7-19(17)15-16/h1-2,4-5,7-9,13,15,18H,3,6,10-12,14H2,(H,22,23)(H,24,25)(H,26,27). The van der Waals surface area contributed by atoms with E-state index in [9.17, 15) is 19.0 Å². The summed E-state index contributed by atoms with van der Waals surface area (Å²) in [6.45, 7) is 0. The summed E-state index contributed by atoms with van der Waals surface area (Å²) in [5.41, 5.74) is 0.987. The summed E-state index contributed by atoms with van der Waals surface area (Å²) in [5, 5.41) is 20.0. The highest BCUT2D eigenvalue weighted by Gasteiger charge is 2.18. The lowest BCUT2D eigenvalue weighted by molar-refractivity contribution is -0.143. The van der Waals surface area contributed by atoms with Crippen LogP contribution >= 0.6 is 7.37 Å². The molecule has 2 rings (SSSR count). The molecule has 0 radical (unpaired) electrons. The molecule has 2 aromatic rings. The Morgan fingerprint density at radius 2 is 1.75 bits per heavy atom. The average Bonchev–Trinajstić information content (AvgIpc) is 2.65. The molecule has 3 N–H and O–H groups in total. The van der Waals surface area contributed by atoms with Gasteiger partial charge in [-0.15, -0.1) is 0 Å². The Hall–Kier alpha value is -2.43. The summed E-state index contributed by atoms with van der Waals surface area (Å²) in [4.78, 5) is 31.8. The Kier molecular flexibility index (Phi) is 7.97. The van der Waals surface area contributed by atoms with E-state index in [0.717, 1.165) is 16.3 Å². The SMILES string of the molecule is O=C(O)CCC(CCC=CP(=O)(O)CCc1ccc2ccccc2c1)C(=O)O. The van der Waals surface area contributed by atoms with Crippen molar-refractivity contribution in [2.45, 2.75) is 32.1 Å². The minimum atomic E-state index is -3.46. The molecule has 0 spiro atoms. The topological polar surface area (TPSA) is 112 Å². The van der Waals surface area contributed by atoms with Crippen molar-refractivity contribution in [2.24, 2.45) is 5.92 Å². The predicted octanol–water partition coefficient (Wildman–Crippen LogP) is 4.51. The van der Waals surface area contributed by atoms with Gasteiger partial charge in [0, 0.05) is 12.6 Å². The summed E-state index contributed by atoms with van der Waals surface area (Å²) >= 11 is 0. The van der Waals surface area contributed by atoms with Crippen molar-refractivity contribution in [2.75, 3.05) is 6.16 Å². The molecule has 0 saturated heterocycles. The summed E-state index contributed by atoms with van der Waals surface area (Å²) in [5.74, 6) is -1.57. The van der Waals surface area contributed by atoms with E-state index in [2.05, 4.69) is 0 Å². The molecular formula is C21H25O6P. The third-order valence-corrected chi connectivity index (χ3v) is 6.15. The van der Waals surface area contributed by atoms with Crippen LogP contribution in [0.1, 0.15) is 31.2 Å². The van der Waals surface area contributed by atoms with E-state index in [1.54, 1.807) is 0 Å². The van der Waals surface area contributed by atoms with Crippen LogP contribution in [-0.2, 0) is 20.6 Å². The Balaban J connectivity index is 1.85. The number of allylic oxidation sites excluding steroid dienone is 1. The first-order chi connectivity index (χ1) is 13.3. The van der Waals surface area contributed by atoms with Crippen molar-refractivity contribution in [1.82, 2.24) is 0 Å². The van der Waals surface area contributed by atoms with E-state index in [1.807, 2.05) is 42.5 Å². The first-order valence-electron chi connectivity index (χ1n) is 9.18. The van der Waals surface area contributed by atoms with Crippen LogP contribution in [0.2, 0.25) is 0 Å². The zero-order chi connectivity index (χ0) is 20.6. The molecule has 0 fully saturated rings. The highest BCUT2D eigenvalue weighted by atomic mass is 31.2. The second-order valence-electron chi connectivity index (χ2n) is 6.84. The minimum absolute atomic E-state index is 0.0528. The number of carboxylic acids is 2. The zero-order valence-corrected chi connectivity index (χ0v) is 16.4. The van der Waals surface area contributed by atoms with Crippen LogP contribution in [0.25, 0.3) is 10.8 Å². The molecule has 2 unspecified atom stereocenters. The highest BCUT2D eigenvalue weighted by molar-refractivity contribution is 7.61. The summed E-state index contributed by atoms with van der Waals surface area (Å²) < 4.78 is 12.3. The molecule has 150 valence electrons. The molecule has 6 nitrogen and oxygen atoms in total. The van der Waals surface area contributed by atoms with Crippen LogP contribution in [0.5, 0.6) is 0 Å². The maximum absolute atomic E-state index is 12.3. The van der Waals surface area contributed by atoms with E-state index in [0.29, 0.717) is 12.8 Å². The van der Waals surface area contributed by atoms with Crippen molar-refractivity contribution >= 4 is 30.1 Å². The minimum Gasteiger partial charge on any atom is -0.481 e. The van der Waals surface area contributed by atoms with Crippen LogP contribution in [0.4, 0.5) is 0 Å². The molecule has 2 aromatic carbocycles. The number of hydrogen-bond donors (Lipinski definition) is 3. The van der Waals surface area contributed by atoms with Crippen LogP contribution < -0.4 is 0 Å². The first kappa shape index (κ1) is 21.9. The Morgan fingerprint density at radius 3 is 2.43 bits per heavy atom. The lowest BCUT2D eigenvalue weighted by Crippen LogP contribution is -2.15. The fourth-order valence-electron chi connectivity index (χ4n) is 2.98. The van der Waals surface area contributed by atoms with Gasteiger partial charge in [0.05, 0.1) is 5.92 Å². The summed E-state index contributed by atoms with van der Waals surface area (Å²) in [7, 11) is -3.46. The van der Waals surface area contributed by atoms with Crippen molar-refractivity contribution in [1.29, 1.82) is 0 Å². The van der Waals surface area contributed by atoms with Crippen LogP contribution in [-0.4, -0.2) is 33.2 Å². The van der Waals surface area contributed by atoms with Gasteiger partial charge >= 0.3 is 11.9 Å². The van der Waals surface area contributed by atoms with Gasteiger partial charge in [0.2, 0.25) is 7.37 Å². The van der Waals surface area contributed by atoms with Gasteiger partial charge in [-0.2, -0.15) is 0 Å². The second kappa shape index (κ2) is 10.2. The molecule has 0 amide bonds. The Labute approximate surface area is 164 Å². The normalized spacial score (nSPS) is 14.8. The highest BCUT2D eigenvalue weighted by Crippen LogP contribution is 2.43.